The van der Waals surface area contributed by atoms with E-state index in [9.17, 15) is 19.8 Å². The lowest BCUT2D eigenvalue weighted by Crippen LogP contribution is -2.29. The minimum Gasteiger partial charge on any atom is -0.508 e. The number of nitrogens with zero attached hydrogens (tertiary/aromatic N) is 1. The van der Waals surface area contributed by atoms with E-state index >= 15 is 0 Å². The Morgan fingerprint density at radius 1 is 1.03 bits per heavy atom. The fourth-order valence-electron chi connectivity index (χ4n) is 4.55. The fourth-order valence-corrected chi connectivity index (χ4v) is 4.55. The summed E-state index contributed by atoms with van der Waals surface area (Å²) in [4.78, 5) is 27.8. The lowest BCUT2D eigenvalue weighted by Gasteiger charge is -2.26. The molecule has 6 heteroatoms. The van der Waals surface area contributed by atoms with Crippen molar-refractivity contribution in [2.75, 3.05) is 11.5 Å². The second-order valence-corrected chi connectivity index (χ2v) is 8.38. The molecule has 5 rings (SSSR count). The van der Waals surface area contributed by atoms with Gasteiger partial charge in [0.2, 0.25) is 0 Å². The van der Waals surface area contributed by atoms with Gasteiger partial charge in [-0.2, -0.15) is 0 Å². The van der Waals surface area contributed by atoms with E-state index < -0.39 is 17.7 Å². The molecule has 1 saturated heterocycles. The van der Waals surface area contributed by atoms with Crippen LogP contribution >= 0.6 is 0 Å². The number of hydrogen-bond donors (Lipinski definition) is 2. The maximum Gasteiger partial charge on any atom is 0.300 e. The summed E-state index contributed by atoms with van der Waals surface area (Å²) in [5.41, 5.74) is 3.39. The zero-order valence-electron chi connectivity index (χ0n) is 18.1. The molecule has 3 aromatic rings. The lowest BCUT2D eigenvalue weighted by atomic mass is 9.93. The number of phenolic OH excluding ortho intramolecular Hbond substituents is 1. The number of aryl methyl sites for hydroxylation is 2. The molecule has 2 heterocycles. The van der Waals surface area contributed by atoms with Gasteiger partial charge in [-0.25, -0.2) is 0 Å². The van der Waals surface area contributed by atoms with Crippen molar-refractivity contribution >= 4 is 23.1 Å². The van der Waals surface area contributed by atoms with E-state index in [1.807, 2.05) is 31.2 Å². The van der Waals surface area contributed by atoms with E-state index in [2.05, 4.69) is 0 Å². The van der Waals surface area contributed by atoms with E-state index in [0.29, 0.717) is 23.4 Å². The number of aromatic hydroxyl groups is 1. The number of phenols is 1. The predicted molar refractivity (Wildman–Crippen MR) is 124 cm³/mol. The summed E-state index contributed by atoms with van der Waals surface area (Å²) in [6, 6.07) is 18.1. The molecule has 0 saturated carbocycles. The van der Waals surface area contributed by atoms with Crippen LogP contribution in [0.1, 0.15) is 34.7 Å². The van der Waals surface area contributed by atoms with Gasteiger partial charge in [-0.05, 0) is 78.9 Å². The van der Waals surface area contributed by atoms with Gasteiger partial charge in [0, 0.05) is 11.3 Å². The highest BCUT2D eigenvalue weighted by molar-refractivity contribution is 6.51. The van der Waals surface area contributed by atoms with Crippen LogP contribution in [0.4, 0.5) is 5.69 Å². The number of carbonyl (C=O) groups is 2. The zero-order valence-corrected chi connectivity index (χ0v) is 18.1. The largest absolute Gasteiger partial charge is 0.508 e. The summed E-state index contributed by atoms with van der Waals surface area (Å²) in [5, 5.41) is 21.4. The Hall–Kier alpha value is -4.06. The van der Waals surface area contributed by atoms with E-state index in [1.165, 1.54) is 17.0 Å². The maximum atomic E-state index is 13.2. The molecule has 0 bridgehead atoms. The molecule has 1 amide bonds. The topological polar surface area (TPSA) is 87.1 Å². The molecule has 0 aliphatic carbocycles. The Labute approximate surface area is 191 Å². The smallest absolute Gasteiger partial charge is 0.300 e. The Balaban J connectivity index is 1.71. The minimum absolute atomic E-state index is 0.00765. The van der Waals surface area contributed by atoms with Gasteiger partial charge < -0.3 is 14.9 Å². The molecule has 0 radical (unpaired) electrons. The fraction of sp³-hybridized carbons (Fsp3) is 0.185. The summed E-state index contributed by atoms with van der Waals surface area (Å²) < 4.78 is 5.66. The van der Waals surface area contributed by atoms with Crippen LogP contribution in [0, 0.1) is 6.92 Å². The second kappa shape index (κ2) is 8.13. The van der Waals surface area contributed by atoms with Crippen LogP contribution in [0.25, 0.3) is 5.76 Å². The van der Waals surface area contributed by atoms with E-state index in [0.717, 1.165) is 29.7 Å². The highest BCUT2D eigenvalue weighted by Crippen LogP contribution is 2.43. The molecule has 3 aromatic carbocycles. The summed E-state index contributed by atoms with van der Waals surface area (Å²) >= 11 is 0. The van der Waals surface area contributed by atoms with Gasteiger partial charge in [-0.1, -0.05) is 24.3 Å². The van der Waals surface area contributed by atoms with Gasteiger partial charge in [0.25, 0.3) is 11.7 Å². The molecule has 1 fully saturated rings. The number of fused-ring (bicyclic) bond motifs is 1. The van der Waals surface area contributed by atoms with Gasteiger partial charge in [-0.15, -0.1) is 0 Å². The number of rotatable bonds is 3. The Bertz CT molecular complexity index is 1310. The number of ether oxygens (including phenoxy) is 1. The molecule has 2 aliphatic heterocycles. The quantitative estimate of drug-likeness (QED) is 0.351. The van der Waals surface area contributed by atoms with Crippen molar-refractivity contribution in [3.63, 3.8) is 0 Å². The van der Waals surface area contributed by atoms with Gasteiger partial charge in [0.1, 0.15) is 17.3 Å². The highest BCUT2D eigenvalue weighted by Gasteiger charge is 2.47. The normalized spacial score (nSPS) is 19.3. The molecule has 0 aromatic heterocycles. The first kappa shape index (κ1) is 20.8. The van der Waals surface area contributed by atoms with Gasteiger partial charge >= 0.3 is 0 Å². The molecular weight excluding hydrogens is 418 g/mol. The molecule has 0 spiro atoms. The van der Waals surface area contributed by atoms with E-state index in [4.69, 9.17) is 4.74 Å². The molecule has 2 N–H and O–H groups in total. The first-order valence-electron chi connectivity index (χ1n) is 10.9. The van der Waals surface area contributed by atoms with Gasteiger partial charge in [0.15, 0.2) is 0 Å². The van der Waals surface area contributed by atoms with Crippen LogP contribution < -0.4 is 9.64 Å². The van der Waals surface area contributed by atoms with Crippen molar-refractivity contribution in [2.24, 2.45) is 0 Å². The van der Waals surface area contributed by atoms with Crippen LogP contribution in [-0.4, -0.2) is 28.5 Å². The number of ketones is 1. The number of amides is 1. The maximum absolute atomic E-state index is 13.2. The van der Waals surface area contributed by atoms with Crippen LogP contribution in [0.3, 0.4) is 0 Å². The van der Waals surface area contributed by atoms with E-state index in [1.54, 1.807) is 30.3 Å². The summed E-state index contributed by atoms with van der Waals surface area (Å²) in [6.45, 7) is 2.55. The molecule has 166 valence electrons. The van der Waals surface area contributed by atoms with Crippen LogP contribution in [0.15, 0.2) is 72.3 Å². The molecule has 1 unspecified atom stereocenters. The summed E-state index contributed by atoms with van der Waals surface area (Å²) in [6.07, 6.45) is 1.68. The molecule has 2 aliphatic rings. The first-order chi connectivity index (χ1) is 15.9. The number of carbonyl (C=O) groups excluding carboxylic acids is 2. The van der Waals surface area contributed by atoms with E-state index in [-0.39, 0.29) is 17.1 Å². The molecular formula is C27H23NO5. The minimum atomic E-state index is -0.883. The number of aliphatic hydroxyl groups is 1. The van der Waals surface area contributed by atoms with Crippen molar-refractivity contribution < 1.29 is 24.5 Å². The Morgan fingerprint density at radius 3 is 2.64 bits per heavy atom. The molecule has 6 nitrogen and oxygen atoms in total. The van der Waals surface area contributed by atoms with Crippen LogP contribution in [-0.2, 0) is 16.0 Å². The number of benzene rings is 3. The Kier molecular flexibility index (Phi) is 5.13. The monoisotopic (exact) mass is 441 g/mol. The molecule has 33 heavy (non-hydrogen) atoms. The third-order valence-electron chi connectivity index (χ3n) is 6.09. The van der Waals surface area contributed by atoms with Crippen molar-refractivity contribution in [1.82, 2.24) is 0 Å². The third kappa shape index (κ3) is 3.63. The zero-order chi connectivity index (χ0) is 23.1. The number of Topliss-reactive ketones (excluding diaryl/α,β-unsaturated/α-hetero) is 1. The number of aliphatic hydroxyl groups excluding tert-OH is 1. The lowest BCUT2D eigenvalue weighted by molar-refractivity contribution is -0.132. The molecule has 1 atom stereocenters. The third-order valence-corrected chi connectivity index (χ3v) is 6.09. The summed E-state index contributed by atoms with van der Waals surface area (Å²) in [7, 11) is 0. The van der Waals surface area contributed by atoms with Crippen LogP contribution in [0.5, 0.6) is 11.5 Å². The standard InChI is InChI=1S/C27H23NO5/c1-16-5-2-8-20(13-16)28-24(18-6-3-9-21(29)15-18)23(26(31)27(28)32)25(30)19-10-11-22-17(14-19)7-4-12-33-22/h2-3,5-6,8-11,13-15,24,29-30H,4,7,12H2,1H3/b25-23-. The predicted octanol–water partition coefficient (Wildman–Crippen LogP) is 4.65. The average Bonchev–Trinajstić information content (AvgIpc) is 3.09. The Morgan fingerprint density at radius 2 is 1.85 bits per heavy atom. The summed E-state index contributed by atoms with van der Waals surface area (Å²) in [5.74, 6) is -0.964. The first-order valence-corrected chi connectivity index (χ1v) is 10.9. The van der Waals surface area contributed by atoms with Crippen molar-refractivity contribution in [1.29, 1.82) is 0 Å². The van der Waals surface area contributed by atoms with Gasteiger partial charge in [0.05, 0.1) is 18.2 Å². The highest BCUT2D eigenvalue weighted by atomic mass is 16.5. The van der Waals surface area contributed by atoms with Crippen molar-refractivity contribution in [2.45, 2.75) is 25.8 Å². The van der Waals surface area contributed by atoms with Gasteiger partial charge in [-0.3, -0.25) is 14.5 Å². The average molecular weight is 441 g/mol. The second-order valence-electron chi connectivity index (χ2n) is 8.38. The van der Waals surface area contributed by atoms with Crippen molar-refractivity contribution in [3.05, 3.63) is 94.6 Å². The van der Waals surface area contributed by atoms with Crippen molar-refractivity contribution in [3.8, 4) is 11.5 Å². The SMILES string of the molecule is Cc1cccc(N2C(=O)C(=O)/C(=C(\O)c3ccc4c(c3)CCCO4)C2c2cccc(O)c2)c1. The number of anilines is 1. The van der Waals surface area contributed by atoms with Crippen LogP contribution in [0.2, 0.25) is 0 Å². The number of hydrogen-bond acceptors (Lipinski definition) is 5.